The lowest BCUT2D eigenvalue weighted by Crippen LogP contribution is -2.26. The molecule has 1 atom stereocenters. The summed E-state index contributed by atoms with van der Waals surface area (Å²) in [6.07, 6.45) is -0.545. The SMILES string of the molecule is COC(=O)C1OC(=O)C=C(Br)c2oc3cc(C)cc(O)c3c(=O)c21. The van der Waals surface area contributed by atoms with Gasteiger partial charge >= 0.3 is 11.9 Å². The molecule has 1 unspecified atom stereocenters. The Kier molecular flexibility index (Phi) is 3.92. The molecule has 3 rings (SSSR count). The van der Waals surface area contributed by atoms with E-state index < -0.39 is 23.5 Å². The van der Waals surface area contributed by atoms with Gasteiger partial charge in [0.05, 0.1) is 17.2 Å². The standard InChI is InChI=1S/C16H11BrO7/c1-6-3-8(18)11-9(4-6)23-14-7(17)5-10(19)24-15(16(21)22-2)12(14)13(11)20/h3-5,15,18H,1-2H3. The molecule has 2 aromatic rings. The smallest absolute Gasteiger partial charge is 0.352 e. The average Bonchev–Trinajstić information content (AvgIpc) is 2.62. The van der Waals surface area contributed by atoms with Gasteiger partial charge in [0.15, 0.2) is 5.76 Å². The summed E-state index contributed by atoms with van der Waals surface area (Å²) in [7, 11) is 1.10. The number of cyclic esters (lactones) is 1. The summed E-state index contributed by atoms with van der Waals surface area (Å²) in [4.78, 5) is 36.6. The normalized spacial score (nSPS) is 16.9. The number of benzene rings is 1. The van der Waals surface area contributed by atoms with Crippen molar-refractivity contribution >= 4 is 43.3 Å². The molecule has 0 amide bonds. The maximum Gasteiger partial charge on any atom is 0.352 e. The van der Waals surface area contributed by atoms with Crippen LogP contribution in [0.2, 0.25) is 0 Å². The first kappa shape index (κ1) is 16.3. The number of ether oxygens (including phenoxy) is 2. The molecule has 1 aromatic heterocycles. The number of phenolic OH excluding ortho intramolecular Hbond substituents is 1. The maximum absolute atomic E-state index is 12.9. The van der Waals surface area contributed by atoms with Gasteiger partial charge in [-0.2, -0.15) is 0 Å². The lowest BCUT2D eigenvalue weighted by Gasteiger charge is -2.15. The van der Waals surface area contributed by atoms with E-state index in [1.807, 2.05) is 0 Å². The number of hydrogen-bond acceptors (Lipinski definition) is 7. The van der Waals surface area contributed by atoms with Gasteiger partial charge in [0.2, 0.25) is 11.5 Å². The van der Waals surface area contributed by atoms with E-state index in [4.69, 9.17) is 9.15 Å². The van der Waals surface area contributed by atoms with Crippen LogP contribution in [-0.2, 0) is 19.1 Å². The van der Waals surface area contributed by atoms with Crippen molar-refractivity contribution in [3.8, 4) is 5.75 Å². The van der Waals surface area contributed by atoms with Crippen LogP contribution in [-0.4, -0.2) is 24.2 Å². The number of carbonyl (C=O) groups is 2. The molecule has 0 saturated carbocycles. The van der Waals surface area contributed by atoms with E-state index >= 15 is 0 Å². The molecule has 0 fully saturated rings. The second kappa shape index (κ2) is 5.79. The first-order valence-corrected chi connectivity index (χ1v) is 7.59. The molecular formula is C16H11BrO7. The Balaban J connectivity index is 2.45. The number of aryl methyl sites for hydroxylation is 1. The van der Waals surface area contributed by atoms with E-state index in [0.717, 1.165) is 13.2 Å². The van der Waals surface area contributed by atoms with Crippen molar-refractivity contribution in [1.82, 2.24) is 0 Å². The molecule has 2 heterocycles. The van der Waals surface area contributed by atoms with Crippen molar-refractivity contribution < 1.29 is 28.6 Å². The number of fused-ring (bicyclic) bond motifs is 2. The summed E-state index contributed by atoms with van der Waals surface area (Å²) in [5.41, 5.74) is -0.102. The Morgan fingerprint density at radius 3 is 2.71 bits per heavy atom. The third-order valence-electron chi connectivity index (χ3n) is 3.53. The zero-order valence-corrected chi connectivity index (χ0v) is 14.2. The second-order valence-electron chi connectivity index (χ2n) is 5.16. The number of carbonyl (C=O) groups excluding carboxylic acids is 2. The van der Waals surface area contributed by atoms with E-state index in [9.17, 15) is 19.5 Å². The molecule has 8 heteroatoms. The van der Waals surface area contributed by atoms with E-state index in [1.165, 1.54) is 6.07 Å². The molecule has 0 aliphatic carbocycles. The summed E-state index contributed by atoms with van der Waals surface area (Å²) in [5, 5.41) is 9.99. The van der Waals surface area contributed by atoms with Crippen LogP contribution in [0.1, 0.15) is 23.0 Å². The highest BCUT2D eigenvalue weighted by Gasteiger charge is 2.36. The highest BCUT2D eigenvalue weighted by Crippen LogP contribution is 2.36. The Morgan fingerprint density at radius 2 is 2.04 bits per heavy atom. The van der Waals surface area contributed by atoms with Gasteiger partial charge in [0, 0.05) is 6.08 Å². The van der Waals surface area contributed by atoms with Crippen molar-refractivity contribution in [3.63, 3.8) is 0 Å². The number of methoxy groups -OCH3 is 1. The molecule has 124 valence electrons. The first-order valence-electron chi connectivity index (χ1n) is 6.79. The number of hydrogen-bond donors (Lipinski definition) is 1. The van der Waals surface area contributed by atoms with Gasteiger partial charge in [0.1, 0.15) is 16.7 Å². The fourth-order valence-electron chi connectivity index (χ4n) is 2.51. The monoisotopic (exact) mass is 394 g/mol. The van der Waals surface area contributed by atoms with Gasteiger partial charge in [-0.25, -0.2) is 9.59 Å². The maximum atomic E-state index is 12.9. The van der Waals surface area contributed by atoms with E-state index in [-0.39, 0.29) is 32.5 Å². The Labute approximate surface area is 143 Å². The van der Waals surface area contributed by atoms with Crippen LogP contribution in [0.15, 0.2) is 27.4 Å². The Morgan fingerprint density at radius 1 is 1.33 bits per heavy atom. The molecule has 0 radical (unpaired) electrons. The fraction of sp³-hybridized carbons (Fsp3) is 0.188. The number of aromatic hydroxyl groups is 1. The molecule has 0 spiro atoms. The number of esters is 2. The molecule has 1 aromatic carbocycles. The van der Waals surface area contributed by atoms with Crippen LogP contribution < -0.4 is 5.43 Å². The zero-order chi connectivity index (χ0) is 17.6. The second-order valence-corrected chi connectivity index (χ2v) is 6.02. The fourth-order valence-corrected chi connectivity index (χ4v) is 2.99. The summed E-state index contributed by atoms with van der Waals surface area (Å²) >= 11 is 3.15. The molecule has 1 aliphatic rings. The molecule has 24 heavy (non-hydrogen) atoms. The predicted molar refractivity (Wildman–Crippen MR) is 86.6 cm³/mol. The van der Waals surface area contributed by atoms with Gasteiger partial charge in [-0.3, -0.25) is 4.79 Å². The van der Waals surface area contributed by atoms with Crippen molar-refractivity contribution in [2.45, 2.75) is 13.0 Å². The van der Waals surface area contributed by atoms with Crippen molar-refractivity contribution in [2.75, 3.05) is 7.11 Å². The minimum absolute atomic E-state index is 0.0289. The Hall–Kier alpha value is -2.61. The molecule has 0 bridgehead atoms. The minimum atomic E-state index is -1.59. The van der Waals surface area contributed by atoms with Crippen molar-refractivity contribution in [3.05, 3.63) is 45.3 Å². The van der Waals surface area contributed by atoms with Crippen molar-refractivity contribution in [2.24, 2.45) is 0 Å². The number of phenols is 1. The van der Waals surface area contributed by atoms with Gasteiger partial charge in [-0.05, 0) is 40.5 Å². The van der Waals surface area contributed by atoms with Gasteiger partial charge in [-0.1, -0.05) is 0 Å². The van der Waals surface area contributed by atoms with E-state index in [1.54, 1.807) is 13.0 Å². The van der Waals surface area contributed by atoms with Crippen LogP contribution in [0.3, 0.4) is 0 Å². The van der Waals surface area contributed by atoms with Crippen LogP contribution in [0.5, 0.6) is 5.75 Å². The van der Waals surface area contributed by atoms with Gasteiger partial charge in [-0.15, -0.1) is 0 Å². The highest BCUT2D eigenvalue weighted by molar-refractivity contribution is 9.15. The lowest BCUT2D eigenvalue weighted by molar-refractivity contribution is -0.163. The summed E-state index contributed by atoms with van der Waals surface area (Å²) < 4.78 is 15.4. The molecular weight excluding hydrogens is 384 g/mol. The largest absolute Gasteiger partial charge is 0.507 e. The van der Waals surface area contributed by atoms with Crippen LogP contribution in [0.4, 0.5) is 0 Å². The third-order valence-corrected chi connectivity index (χ3v) is 4.12. The highest BCUT2D eigenvalue weighted by atomic mass is 79.9. The lowest BCUT2D eigenvalue weighted by atomic mass is 10.0. The van der Waals surface area contributed by atoms with Crippen molar-refractivity contribution in [1.29, 1.82) is 0 Å². The van der Waals surface area contributed by atoms with Crippen LogP contribution >= 0.6 is 15.9 Å². The number of halogens is 1. The number of rotatable bonds is 1. The topological polar surface area (TPSA) is 103 Å². The minimum Gasteiger partial charge on any atom is -0.507 e. The van der Waals surface area contributed by atoms with Crippen LogP contribution in [0, 0.1) is 6.92 Å². The predicted octanol–water partition coefficient (Wildman–Crippen LogP) is 2.31. The zero-order valence-electron chi connectivity index (χ0n) is 12.6. The van der Waals surface area contributed by atoms with Crippen LogP contribution in [0.25, 0.3) is 15.5 Å². The van der Waals surface area contributed by atoms with Gasteiger partial charge in [0.25, 0.3) is 0 Å². The summed E-state index contributed by atoms with van der Waals surface area (Å²) in [6, 6.07) is 2.96. The summed E-state index contributed by atoms with van der Waals surface area (Å²) in [6.45, 7) is 1.72. The third kappa shape index (κ3) is 2.48. The summed E-state index contributed by atoms with van der Waals surface area (Å²) in [5.74, 6) is -2.09. The molecule has 7 nitrogen and oxygen atoms in total. The molecule has 0 saturated heterocycles. The van der Waals surface area contributed by atoms with Gasteiger partial charge < -0.3 is 19.0 Å². The first-order chi connectivity index (χ1) is 11.3. The average molecular weight is 395 g/mol. The van der Waals surface area contributed by atoms with E-state index in [0.29, 0.717) is 5.56 Å². The van der Waals surface area contributed by atoms with E-state index in [2.05, 4.69) is 20.7 Å². The molecule has 1 N–H and O–H groups in total. The quantitative estimate of drug-likeness (QED) is 0.740. The Bertz CT molecular complexity index is 971. The molecule has 1 aliphatic heterocycles.